The monoisotopic (exact) mass is 1070 g/mol. The normalized spacial score (nSPS) is 17.3. The molecule has 4 N–H and O–H groups in total. The first-order valence-electron chi connectivity index (χ1n) is 17.9. The van der Waals surface area contributed by atoms with E-state index in [9.17, 15) is 63.6 Å². The van der Waals surface area contributed by atoms with Crippen molar-refractivity contribution >= 4 is 86.4 Å². The molecule has 0 saturated heterocycles. The average Bonchev–Trinajstić information content (AvgIpc) is 3.25. The minimum absolute atomic E-state index is 0. The average molecular weight is 1070 g/mol. The Labute approximate surface area is 487 Å². The second-order valence-corrected chi connectivity index (χ2v) is 18.8. The Kier molecular flexibility index (Phi) is 23.3. The zero-order valence-corrected chi connectivity index (χ0v) is 48.0. The zero-order valence-electron chi connectivity index (χ0n) is 36.8. The quantitative estimate of drug-likeness (QED) is 0.0243. The number of nitrogens with zero attached hydrogens (tertiary/aromatic N) is 8. The van der Waals surface area contributed by atoms with Gasteiger partial charge in [0, 0.05) is 64.4 Å². The van der Waals surface area contributed by atoms with Gasteiger partial charge in [-0.25, -0.2) is 0 Å². The van der Waals surface area contributed by atoms with Crippen molar-refractivity contribution < 1.29 is 185 Å². The minimum Gasteiger partial charge on any atom is -0.737 e. The van der Waals surface area contributed by atoms with Gasteiger partial charge < -0.3 is 25.3 Å². The molecule has 0 aromatic heterocycles. The van der Waals surface area contributed by atoms with Crippen LogP contribution in [-0.4, -0.2) is 74.0 Å². The molecule has 1 atom stereocenters. The van der Waals surface area contributed by atoms with Crippen molar-refractivity contribution in [3.05, 3.63) is 187 Å². The molecular formula is C38H28N8Na4O16S4+4. The topological polar surface area (TPSA) is 371 Å². The van der Waals surface area contributed by atoms with Crippen LogP contribution in [0.3, 0.4) is 0 Å². The summed E-state index contributed by atoms with van der Waals surface area (Å²) in [6.45, 7) is 0. The van der Waals surface area contributed by atoms with Crippen LogP contribution >= 0.6 is 0 Å². The van der Waals surface area contributed by atoms with Gasteiger partial charge in [-0.3, -0.25) is 13.7 Å². The van der Waals surface area contributed by atoms with Gasteiger partial charge in [-0.1, -0.05) is 38.2 Å². The number of benzene rings is 4. The third-order valence-corrected chi connectivity index (χ3v) is 12.2. The number of nitroso groups, excluding NO2 is 1. The maximum absolute atomic E-state index is 12.9. The summed E-state index contributed by atoms with van der Waals surface area (Å²) in [5, 5.41) is 53.0. The standard InChI is InChI=1S/C38H28N8O16S4.4Na/c47-43(33-15-19-35(20-16-33)63(51,52)53)39-27-7-11-31(12-8-27)45(49)41-29-5-3-25(37(23-29)65(57,58)59)1-2-26-4-6-30(24-38(26)66(60,61)62)42-46(50)32-13-9-28(10-14-32)40-44(48)34-17-21-36(22-18-34)64(54,55)56;;;;/h1-24H,(H4-,51,52,53,54,55,56,57,58,59,60,61,62);;;;/q;4*+1. The molecule has 4 aromatic rings. The molecule has 0 heterocycles. The first-order valence-corrected chi connectivity index (χ1v) is 23.6. The van der Waals surface area contributed by atoms with Crippen LogP contribution in [0.15, 0.2) is 197 Å². The molecule has 70 heavy (non-hydrogen) atoms. The Morgan fingerprint density at radius 2 is 0.971 bits per heavy atom. The fourth-order valence-electron chi connectivity index (χ4n) is 5.51. The van der Waals surface area contributed by atoms with E-state index < -0.39 is 60.5 Å². The van der Waals surface area contributed by atoms with Gasteiger partial charge in [0.25, 0.3) is 36.0 Å². The van der Waals surface area contributed by atoms with Crippen LogP contribution in [0.2, 0.25) is 0 Å². The Morgan fingerprint density at radius 3 is 1.40 bits per heavy atom. The van der Waals surface area contributed by atoms with E-state index >= 15 is 0 Å². The molecule has 6 rings (SSSR count). The smallest absolute Gasteiger partial charge is 0.737 e. The molecule has 340 valence electrons. The molecule has 0 amide bonds. The Bertz CT molecular complexity index is 3360. The van der Waals surface area contributed by atoms with Crippen LogP contribution in [0.25, 0.3) is 0 Å². The summed E-state index contributed by atoms with van der Waals surface area (Å²) >= 11 is 0. The van der Waals surface area contributed by atoms with E-state index in [1.165, 1.54) is 60.7 Å². The van der Waals surface area contributed by atoms with E-state index in [1.807, 2.05) is 0 Å². The van der Waals surface area contributed by atoms with Gasteiger partial charge in [0.1, 0.15) is 26.9 Å². The van der Waals surface area contributed by atoms with E-state index in [1.54, 1.807) is 0 Å². The van der Waals surface area contributed by atoms with Gasteiger partial charge in [0.05, 0.1) is 20.6 Å². The van der Waals surface area contributed by atoms with Crippen molar-refractivity contribution in [3.63, 3.8) is 0 Å². The van der Waals surface area contributed by atoms with Gasteiger partial charge in [0.15, 0.2) is 9.76 Å². The summed E-state index contributed by atoms with van der Waals surface area (Å²) in [5.74, 6) is 0. The van der Waals surface area contributed by atoms with Crippen molar-refractivity contribution in [2.24, 2.45) is 20.4 Å². The molecule has 32 heteroatoms. The number of anilines is 1. The summed E-state index contributed by atoms with van der Waals surface area (Å²) < 4.78 is 133. The molecular weight excluding hydrogens is 1040 g/mol. The van der Waals surface area contributed by atoms with Crippen LogP contribution in [0, 0.1) is 20.5 Å². The second-order valence-electron chi connectivity index (χ2n) is 13.2. The molecule has 1 unspecified atom stereocenters. The summed E-state index contributed by atoms with van der Waals surface area (Å²) in [5.41, 5.74) is -1.26. The van der Waals surface area contributed by atoms with E-state index in [4.69, 9.17) is 9.11 Å². The fourth-order valence-corrected chi connectivity index (χ4v) is 7.87. The Morgan fingerprint density at radius 1 is 0.571 bits per heavy atom. The van der Waals surface area contributed by atoms with E-state index in [0.29, 0.717) is 0 Å². The summed E-state index contributed by atoms with van der Waals surface area (Å²) in [6.07, 6.45) is 8.44. The molecule has 0 radical (unpaired) electrons. The molecule has 0 saturated carbocycles. The molecule has 4 aromatic carbocycles. The van der Waals surface area contributed by atoms with Crippen molar-refractivity contribution in [2.45, 2.75) is 9.79 Å². The second kappa shape index (κ2) is 26.0. The van der Waals surface area contributed by atoms with E-state index in [-0.39, 0.29) is 195 Å². The minimum atomic E-state index is -5.02. The Hall–Kier alpha value is -3.38. The van der Waals surface area contributed by atoms with Gasteiger partial charge in [-0.15, -0.1) is 0 Å². The SMILES string of the molecule is O=[N+](N=C1C=CC(=CC=C2C=CC(=NN([O-])c3ccc(N=[N+]([O-])c4ccc([S+](=O)([O-])O)cc4)cc3)C=C2S(=O)(=O)O)C(S(=O)(=O)O)=C1)c1ccc(N=[N+]([O-])c2ccc(S(=O)(=O)O)cc2)cc1.[Na+].[Na+].[Na+].[Na+]. The molecule has 24 nitrogen and oxygen atoms in total. The van der Waals surface area contributed by atoms with Crippen molar-refractivity contribution in [2.75, 3.05) is 5.17 Å². The number of allylic oxidation sites excluding steroid dienone is 10. The number of hydrogen-bond donors (Lipinski definition) is 4. The van der Waals surface area contributed by atoms with Crippen molar-refractivity contribution in [3.8, 4) is 0 Å². The van der Waals surface area contributed by atoms with Crippen LogP contribution in [0.1, 0.15) is 0 Å². The number of azo groups is 2. The molecule has 0 bridgehead atoms. The first-order chi connectivity index (χ1) is 30.8. The predicted octanol–water partition coefficient (Wildman–Crippen LogP) is -5.07. The molecule has 0 aliphatic heterocycles. The number of hydrogen-bond acceptors (Lipinski definition) is 16. The molecule has 2 aliphatic carbocycles. The largest absolute Gasteiger partial charge is 1.00 e. The summed E-state index contributed by atoms with van der Waals surface area (Å²) in [4.78, 5) is 10.9. The van der Waals surface area contributed by atoms with Crippen LogP contribution in [0.5, 0.6) is 0 Å². The maximum Gasteiger partial charge on any atom is 1.00 e. The predicted molar refractivity (Wildman–Crippen MR) is 234 cm³/mol. The number of rotatable bonds is 13. The Balaban J connectivity index is 0.00000420. The van der Waals surface area contributed by atoms with Gasteiger partial charge in [-0.05, 0) is 84.0 Å². The third kappa shape index (κ3) is 17.1. The van der Waals surface area contributed by atoms with E-state index in [0.717, 1.165) is 85.0 Å². The van der Waals surface area contributed by atoms with Gasteiger partial charge >= 0.3 is 118 Å². The number of hydrazone groups is 2. The first kappa shape index (κ1) is 62.7. The molecule has 2 aliphatic rings. The fraction of sp³-hybridized carbons (Fsp3) is 0. The maximum atomic E-state index is 12.9. The van der Waals surface area contributed by atoms with Crippen molar-refractivity contribution in [1.29, 1.82) is 0 Å². The van der Waals surface area contributed by atoms with Gasteiger partial charge in [-0.2, -0.15) is 34.9 Å². The summed E-state index contributed by atoms with van der Waals surface area (Å²) in [6, 6.07) is 18.3. The molecule has 0 fully saturated rings. The van der Waals surface area contributed by atoms with Gasteiger partial charge in [0.2, 0.25) is 21.9 Å². The van der Waals surface area contributed by atoms with Crippen LogP contribution in [0.4, 0.5) is 34.1 Å². The molecule has 0 spiro atoms. The zero-order chi connectivity index (χ0) is 48.2. The van der Waals surface area contributed by atoms with Crippen LogP contribution < -0.4 is 123 Å². The summed E-state index contributed by atoms with van der Waals surface area (Å²) in [7, 11) is -19.0. The van der Waals surface area contributed by atoms with Crippen LogP contribution in [-0.2, 0) is 45.1 Å². The van der Waals surface area contributed by atoms with Crippen molar-refractivity contribution in [1.82, 2.24) is 0 Å². The third-order valence-electron chi connectivity index (χ3n) is 8.67. The van der Waals surface area contributed by atoms with E-state index in [2.05, 4.69) is 20.4 Å².